The van der Waals surface area contributed by atoms with Gasteiger partial charge in [0.1, 0.15) is 11.7 Å². The van der Waals surface area contributed by atoms with Gasteiger partial charge in [0.2, 0.25) is 0 Å². The van der Waals surface area contributed by atoms with Crippen LogP contribution in [0.1, 0.15) is 58.8 Å². The Morgan fingerprint density at radius 3 is 2.69 bits per heavy atom. The van der Waals surface area contributed by atoms with Crippen molar-refractivity contribution in [2.75, 3.05) is 13.2 Å². The van der Waals surface area contributed by atoms with Crippen LogP contribution in [0.3, 0.4) is 0 Å². The molecule has 0 aromatic carbocycles. The predicted molar refractivity (Wildman–Crippen MR) is 89.1 cm³/mol. The van der Waals surface area contributed by atoms with Crippen LogP contribution < -0.4 is 0 Å². The summed E-state index contributed by atoms with van der Waals surface area (Å²) >= 11 is 0. The molecule has 2 saturated carbocycles. The standard InChI is InChI=1S/C20H28O6/c1-16-4-3-5-19-11-24-17(2,8-12(14(16)19)25-15(16)22)20(19)7-6-18(26-20)9-13(21)23-10-18/h12-14,21H,3-11H2,1-2H3/t12-,13-,14+,16+,17-,18+,19-,20-/m1/s1. The van der Waals surface area contributed by atoms with Gasteiger partial charge in [-0.15, -0.1) is 0 Å². The van der Waals surface area contributed by atoms with Crippen LogP contribution in [0.4, 0.5) is 0 Å². The zero-order chi connectivity index (χ0) is 18.0. The molecule has 0 aromatic rings. The first-order chi connectivity index (χ1) is 12.3. The van der Waals surface area contributed by atoms with Gasteiger partial charge in [-0.05, 0) is 39.5 Å². The van der Waals surface area contributed by atoms with E-state index in [0.29, 0.717) is 26.1 Å². The number of hydrogen-bond acceptors (Lipinski definition) is 6. The third-order valence-corrected chi connectivity index (χ3v) is 9.00. The van der Waals surface area contributed by atoms with E-state index < -0.39 is 28.5 Å². The summed E-state index contributed by atoms with van der Waals surface area (Å²) in [6.07, 6.45) is 5.16. The van der Waals surface area contributed by atoms with Crippen LogP contribution in [0, 0.1) is 16.7 Å². The van der Waals surface area contributed by atoms with Crippen molar-refractivity contribution in [1.82, 2.24) is 0 Å². The van der Waals surface area contributed by atoms with Crippen molar-refractivity contribution in [2.24, 2.45) is 16.7 Å². The number of rotatable bonds is 0. The Hall–Kier alpha value is -0.690. The second kappa shape index (κ2) is 4.48. The molecule has 6 aliphatic rings. The Balaban J connectivity index is 1.50. The lowest BCUT2D eigenvalue weighted by molar-refractivity contribution is -0.250. The highest BCUT2D eigenvalue weighted by Gasteiger charge is 2.83. The molecule has 4 heterocycles. The quantitative estimate of drug-likeness (QED) is 0.662. The number of carbonyl (C=O) groups excluding carboxylic acids is 1. The van der Waals surface area contributed by atoms with Crippen LogP contribution in [0.2, 0.25) is 0 Å². The molecule has 26 heavy (non-hydrogen) atoms. The fraction of sp³-hybridized carbons (Fsp3) is 0.950. The van der Waals surface area contributed by atoms with Crippen molar-refractivity contribution in [3.63, 3.8) is 0 Å². The van der Waals surface area contributed by atoms with Crippen molar-refractivity contribution in [2.45, 2.75) is 88.0 Å². The third-order valence-electron chi connectivity index (χ3n) is 9.00. The minimum Gasteiger partial charge on any atom is -0.461 e. The maximum atomic E-state index is 12.8. The van der Waals surface area contributed by atoms with Gasteiger partial charge in [0.25, 0.3) is 0 Å². The Labute approximate surface area is 153 Å². The second-order valence-electron chi connectivity index (χ2n) is 10.2. The van der Waals surface area contributed by atoms with Crippen LogP contribution >= 0.6 is 0 Å². The van der Waals surface area contributed by atoms with E-state index in [1.54, 1.807) is 0 Å². The summed E-state index contributed by atoms with van der Waals surface area (Å²) in [5.41, 5.74) is -1.87. The topological polar surface area (TPSA) is 74.2 Å². The molecular weight excluding hydrogens is 336 g/mol. The van der Waals surface area contributed by atoms with Crippen molar-refractivity contribution in [1.29, 1.82) is 0 Å². The van der Waals surface area contributed by atoms with E-state index in [0.717, 1.165) is 32.1 Å². The van der Waals surface area contributed by atoms with Crippen LogP contribution in [-0.4, -0.2) is 53.5 Å². The molecule has 0 radical (unpaired) electrons. The average molecular weight is 364 g/mol. The molecule has 0 amide bonds. The molecule has 0 unspecified atom stereocenters. The molecule has 8 atom stereocenters. The summed E-state index contributed by atoms with van der Waals surface area (Å²) in [4.78, 5) is 12.8. The molecule has 1 N–H and O–H groups in total. The first-order valence-corrected chi connectivity index (χ1v) is 10.1. The molecular formula is C20H28O6. The monoisotopic (exact) mass is 364 g/mol. The summed E-state index contributed by atoms with van der Waals surface area (Å²) in [6, 6.07) is 0. The minimum atomic E-state index is -0.738. The summed E-state index contributed by atoms with van der Waals surface area (Å²) in [5.74, 6) is 0.138. The average Bonchev–Trinajstić information content (AvgIpc) is 3.24. The van der Waals surface area contributed by atoms with Gasteiger partial charge < -0.3 is 24.1 Å². The minimum absolute atomic E-state index is 0.0230. The molecule has 144 valence electrons. The molecule has 6 heteroatoms. The van der Waals surface area contributed by atoms with Crippen LogP contribution in [0.15, 0.2) is 0 Å². The number of esters is 1. The van der Waals surface area contributed by atoms with E-state index in [1.807, 2.05) is 0 Å². The molecule has 6 fully saturated rings. The molecule has 4 saturated heterocycles. The highest BCUT2D eigenvalue weighted by molar-refractivity contribution is 5.80. The largest absolute Gasteiger partial charge is 0.461 e. The predicted octanol–water partition coefficient (Wildman–Crippen LogP) is 1.92. The molecule has 6 rings (SSSR count). The fourth-order valence-electron chi connectivity index (χ4n) is 7.99. The van der Waals surface area contributed by atoms with E-state index in [-0.39, 0.29) is 23.4 Å². The Morgan fingerprint density at radius 1 is 1.08 bits per heavy atom. The maximum Gasteiger partial charge on any atom is 0.312 e. The Morgan fingerprint density at radius 2 is 1.92 bits per heavy atom. The molecule has 3 spiro atoms. The summed E-state index contributed by atoms with van der Waals surface area (Å²) in [5, 5.41) is 9.96. The zero-order valence-corrected chi connectivity index (χ0v) is 15.6. The molecule has 2 aliphatic carbocycles. The van der Waals surface area contributed by atoms with Crippen LogP contribution in [-0.2, 0) is 23.7 Å². The molecule has 4 aliphatic heterocycles. The summed E-state index contributed by atoms with van der Waals surface area (Å²) in [7, 11) is 0. The van der Waals surface area contributed by atoms with Crippen LogP contribution in [0.25, 0.3) is 0 Å². The first kappa shape index (κ1) is 16.3. The van der Waals surface area contributed by atoms with Gasteiger partial charge in [0, 0.05) is 24.2 Å². The van der Waals surface area contributed by atoms with Crippen LogP contribution in [0.5, 0.6) is 0 Å². The van der Waals surface area contributed by atoms with E-state index in [9.17, 15) is 9.90 Å². The lowest BCUT2D eigenvalue weighted by atomic mass is 9.44. The van der Waals surface area contributed by atoms with E-state index in [1.165, 1.54) is 0 Å². The van der Waals surface area contributed by atoms with Gasteiger partial charge >= 0.3 is 5.97 Å². The lowest BCUT2D eigenvalue weighted by Crippen LogP contribution is -2.69. The van der Waals surface area contributed by atoms with Gasteiger partial charge in [-0.1, -0.05) is 6.42 Å². The van der Waals surface area contributed by atoms with Crippen molar-refractivity contribution in [3.05, 3.63) is 0 Å². The van der Waals surface area contributed by atoms with Gasteiger partial charge in [-0.3, -0.25) is 4.79 Å². The summed E-state index contributed by atoms with van der Waals surface area (Å²) < 4.78 is 24.9. The first-order valence-electron chi connectivity index (χ1n) is 10.1. The van der Waals surface area contributed by atoms with Gasteiger partial charge in [-0.25, -0.2) is 0 Å². The highest BCUT2D eigenvalue weighted by atomic mass is 16.7. The number of carbonyl (C=O) groups is 1. The Kier molecular flexibility index (Phi) is 2.80. The van der Waals surface area contributed by atoms with E-state index >= 15 is 0 Å². The molecule has 2 bridgehead atoms. The number of aliphatic hydroxyl groups excluding tert-OH is 1. The number of ether oxygens (including phenoxy) is 4. The van der Waals surface area contributed by atoms with Gasteiger partial charge in [0.05, 0.1) is 29.8 Å². The smallest absolute Gasteiger partial charge is 0.312 e. The van der Waals surface area contributed by atoms with Crippen molar-refractivity contribution in [3.8, 4) is 0 Å². The Bertz CT molecular complexity index is 696. The third kappa shape index (κ3) is 1.52. The SMILES string of the molecule is C[C@]12C[C@H]3OC(=O)[C@@]4(C)CCC[C@@](CO1)([C@@H]34)[C@@]21CC[C@]2(CO[C@@H](O)C2)O1. The van der Waals surface area contributed by atoms with Crippen molar-refractivity contribution < 1.29 is 28.8 Å². The number of hydrogen-bond donors (Lipinski definition) is 1. The normalized spacial score (nSPS) is 62.9. The van der Waals surface area contributed by atoms with Gasteiger partial charge in [-0.2, -0.15) is 0 Å². The molecule has 6 nitrogen and oxygen atoms in total. The molecule has 0 aromatic heterocycles. The van der Waals surface area contributed by atoms with E-state index in [2.05, 4.69) is 13.8 Å². The summed E-state index contributed by atoms with van der Waals surface area (Å²) in [6.45, 7) is 5.35. The van der Waals surface area contributed by atoms with Crippen molar-refractivity contribution >= 4 is 5.97 Å². The van der Waals surface area contributed by atoms with Gasteiger partial charge in [0.15, 0.2) is 6.29 Å². The lowest BCUT2D eigenvalue weighted by Gasteiger charge is -2.60. The zero-order valence-electron chi connectivity index (χ0n) is 15.6. The highest BCUT2D eigenvalue weighted by Crippen LogP contribution is 2.75. The van der Waals surface area contributed by atoms with E-state index in [4.69, 9.17) is 18.9 Å². The maximum absolute atomic E-state index is 12.8. The second-order valence-corrected chi connectivity index (χ2v) is 10.2. The number of aliphatic hydroxyl groups is 1. The fourth-order valence-corrected chi connectivity index (χ4v) is 7.99.